The van der Waals surface area contributed by atoms with Crippen molar-refractivity contribution in [3.8, 4) is 0 Å². The Morgan fingerprint density at radius 3 is 2.15 bits per heavy atom. The Labute approximate surface area is 162 Å². The van der Waals surface area contributed by atoms with Crippen LogP contribution in [0.25, 0.3) is 21.8 Å². The quantitative estimate of drug-likeness (QED) is 0.393. The number of hydrogen-bond acceptors (Lipinski definition) is 3. The van der Waals surface area contributed by atoms with Crippen LogP contribution in [0.2, 0.25) is 0 Å². The summed E-state index contributed by atoms with van der Waals surface area (Å²) in [6.45, 7) is 3.28. The van der Waals surface area contributed by atoms with Crippen molar-refractivity contribution in [3.63, 3.8) is 0 Å². The molecule has 0 aliphatic carbocycles. The summed E-state index contributed by atoms with van der Waals surface area (Å²) in [6, 6.07) is 10.4. The number of aromatic nitrogens is 2. The van der Waals surface area contributed by atoms with Crippen LogP contribution in [0.15, 0.2) is 30.3 Å². The predicted octanol–water partition coefficient (Wildman–Crippen LogP) is 6.27. The third-order valence-corrected chi connectivity index (χ3v) is 5.54. The van der Waals surface area contributed by atoms with Crippen molar-refractivity contribution in [1.82, 2.24) is 9.55 Å². The molecule has 2 heterocycles. The van der Waals surface area contributed by atoms with Gasteiger partial charge in [0.25, 0.3) is 0 Å². The number of nitrogens with two attached hydrogens (primary N) is 2. The minimum atomic E-state index is 0.493. The number of unbranched alkanes of at least 4 members (excludes halogenated alkanes) is 9. The third kappa shape index (κ3) is 4.74. The summed E-state index contributed by atoms with van der Waals surface area (Å²) < 4.78 is 2.36. The highest BCUT2D eigenvalue weighted by molar-refractivity contribution is 6.13. The molecule has 0 bridgehead atoms. The molecule has 0 unspecified atom stereocenters. The van der Waals surface area contributed by atoms with Crippen molar-refractivity contribution >= 4 is 33.4 Å². The molecule has 0 spiro atoms. The fraction of sp³-hybridized carbons (Fsp3) is 0.522. The molecule has 0 aliphatic heterocycles. The van der Waals surface area contributed by atoms with E-state index in [0.717, 1.165) is 17.4 Å². The van der Waals surface area contributed by atoms with Crippen molar-refractivity contribution < 1.29 is 0 Å². The molecule has 0 aliphatic rings. The molecule has 0 saturated heterocycles. The van der Waals surface area contributed by atoms with E-state index in [1.54, 1.807) is 0 Å². The van der Waals surface area contributed by atoms with Gasteiger partial charge in [-0.3, -0.25) is 0 Å². The number of benzene rings is 1. The van der Waals surface area contributed by atoms with Gasteiger partial charge in [-0.25, -0.2) is 4.98 Å². The Hall–Kier alpha value is -2.23. The molecule has 4 heteroatoms. The van der Waals surface area contributed by atoms with Crippen LogP contribution in [0.3, 0.4) is 0 Å². The second-order valence-corrected chi connectivity index (χ2v) is 7.68. The highest BCUT2D eigenvalue weighted by atomic mass is 15.0. The smallest absolute Gasteiger partial charge is 0.135 e. The fourth-order valence-electron chi connectivity index (χ4n) is 4.11. The van der Waals surface area contributed by atoms with Gasteiger partial charge in [0.05, 0.1) is 5.52 Å². The lowest BCUT2D eigenvalue weighted by Crippen LogP contribution is -2.01. The number of pyridine rings is 1. The summed E-state index contributed by atoms with van der Waals surface area (Å²) in [5, 5.41) is 2.21. The second-order valence-electron chi connectivity index (χ2n) is 7.68. The van der Waals surface area contributed by atoms with Crippen molar-refractivity contribution in [2.75, 3.05) is 11.5 Å². The summed E-state index contributed by atoms with van der Waals surface area (Å²) >= 11 is 0. The SMILES string of the molecule is CCCCCCCCCCCCn1c2ccccc2c2c(N)nc(N)cc21. The molecule has 0 saturated carbocycles. The predicted molar refractivity (Wildman–Crippen MR) is 118 cm³/mol. The van der Waals surface area contributed by atoms with E-state index in [9.17, 15) is 0 Å². The first-order valence-electron chi connectivity index (χ1n) is 10.6. The monoisotopic (exact) mass is 366 g/mol. The first-order chi connectivity index (χ1) is 13.2. The second kappa shape index (κ2) is 9.63. The molecule has 0 atom stereocenters. The van der Waals surface area contributed by atoms with Crippen LogP contribution in [-0.4, -0.2) is 9.55 Å². The average Bonchev–Trinajstić information content (AvgIpc) is 2.97. The largest absolute Gasteiger partial charge is 0.384 e. The maximum atomic E-state index is 6.19. The highest BCUT2D eigenvalue weighted by Gasteiger charge is 2.14. The lowest BCUT2D eigenvalue weighted by atomic mass is 10.1. The zero-order valence-electron chi connectivity index (χ0n) is 16.7. The van der Waals surface area contributed by atoms with Crippen LogP contribution in [0.1, 0.15) is 71.1 Å². The number of para-hydroxylation sites is 1. The molecule has 27 heavy (non-hydrogen) atoms. The first-order valence-corrected chi connectivity index (χ1v) is 10.6. The van der Waals surface area contributed by atoms with Gasteiger partial charge in [-0.05, 0) is 12.5 Å². The molecular formula is C23H34N4. The van der Waals surface area contributed by atoms with Gasteiger partial charge in [-0.1, -0.05) is 82.9 Å². The average molecular weight is 367 g/mol. The summed E-state index contributed by atoms with van der Waals surface area (Å²) in [7, 11) is 0. The number of hydrogen-bond donors (Lipinski definition) is 2. The van der Waals surface area contributed by atoms with Gasteiger partial charge in [0.15, 0.2) is 0 Å². The molecule has 1 aromatic carbocycles. The summed E-state index contributed by atoms with van der Waals surface area (Å²) in [5.74, 6) is 1.02. The Bertz CT molecular complexity index is 866. The van der Waals surface area contributed by atoms with E-state index in [1.165, 1.54) is 75.1 Å². The van der Waals surface area contributed by atoms with Crippen molar-refractivity contribution in [2.24, 2.45) is 0 Å². The third-order valence-electron chi connectivity index (χ3n) is 5.54. The zero-order chi connectivity index (χ0) is 19.1. The Kier molecular flexibility index (Phi) is 6.97. The van der Waals surface area contributed by atoms with Gasteiger partial charge in [-0.2, -0.15) is 0 Å². The van der Waals surface area contributed by atoms with Gasteiger partial charge in [0, 0.05) is 28.9 Å². The number of rotatable bonds is 11. The van der Waals surface area contributed by atoms with Crippen molar-refractivity contribution in [2.45, 2.75) is 77.7 Å². The summed E-state index contributed by atoms with van der Waals surface area (Å²) in [6.07, 6.45) is 13.5. The lowest BCUT2D eigenvalue weighted by molar-refractivity contribution is 0.541. The van der Waals surface area contributed by atoms with Crippen LogP contribution in [0, 0.1) is 0 Å². The normalized spacial score (nSPS) is 11.6. The van der Waals surface area contributed by atoms with Gasteiger partial charge >= 0.3 is 0 Å². The molecule has 4 N–H and O–H groups in total. The van der Waals surface area contributed by atoms with E-state index in [1.807, 2.05) is 6.07 Å². The molecule has 0 amide bonds. The van der Waals surface area contributed by atoms with Crippen LogP contribution in [0.5, 0.6) is 0 Å². The Morgan fingerprint density at radius 2 is 1.44 bits per heavy atom. The number of fused-ring (bicyclic) bond motifs is 3. The number of nitrogens with zero attached hydrogens (tertiary/aromatic N) is 2. The topological polar surface area (TPSA) is 69.9 Å². The minimum absolute atomic E-state index is 0.493. The van der Waals surface area contributed by atoms with E-state index >= 15 is 0 Å². The van der Waals surface area contributed by atoms with Crippen LogP contribution in [0.4, 0.5) is 11.6 Å². The molecule has 2 aromatic heterocycles. The van der Waals surface area contributed by atoms with Crippen LogP contribution in [-0.2, 0) is 6.54 Å². The summed E-state index contributed by atoms with van der Waals surface area (Å²) in [5.41, 5.74) is 14.5. The van der Waals surface area contributed by atoms with Crippen LogP contribution < -0.4 is 11.5 Å². The van der Waals surface area contributed by atoms with E-state index in [2.05, 4.69) is 40.7 Å². The van der Waals surface area contributed by atoms with Gasteiger partial charge in [0.2, 0.25) is 0 Å². The maximum Gasteiger partial charge on any atom is 0.135 e. The maximum absolute atomic E-state index is 6.19. The molecule has 3 rings (SSSR count). The first kappa shape index (κ1) is 19.5. The molecule has 4 nitrogen and oxygen atoms in total. The van der Waals surface area contributed by atoms with Gasteiger partial charge in [0.1, 0.15) is 11.6 Å². The fourth-order valence-corrected chi connectivity index (χ4v) is 4.11. The lowest BCUT2D eigenvalue weighted by Gasteiger charge is -2.08. The molecular weight excluding hydrogens is 332 g/mol. The van der Waals surface area contributed by atoms with E-state index < -0.39 is 0 Å². The molecule has 146 valence electrons. The number of nitrogen functional groups attached to an aromatic ring is 2. The minimum Gasteiger partial charge on any atom is -0.384 e. The Morgan fingerprint density at radius 1 is 0.815 bits per heavy atom. The highest BCUT2D eigenvalue weighted by Crippen LogP contribution is 2.33. The van der Waals surface area contributed by atoms with Crippen molar-refractivity contribution in [3.05, 3.63) is 30.3 Å². The zero-order valence-corrected chi connectivity index (χ0v) is 16.7. The number of anilines is 2. The van der Waals surface area contributed by atoms with E-state index in [0.29, 0.717) is 11.6 Å². The van der Waals surface area contributed by atoms with E-state index in [4.69, 9.17) is 11.5 Å². The van der Waals surface area contributed by atoms with Crippen LogP contribution >= 0.6 is 0 Å². The Balaban J connectivity index is 1.57. The molecule has 0 fully saturated rings. The van der Waals surface area contributed by atoms with Crippen molar-refractivity contribution in [1.29, 1.82) is 0 Å². The molecule has 3 aromatic rings. The van der Waals surface area contributed by atoms with Gasteiger partial charge < -0.3 is 16.0 Å². The van der Waals surface area contributed by atoms with E-state index in [-0.39, 0.29) is 0 Å². The number of aryl methyl sites for hydroxylation is 1. The standard InChI is InChI=1S/C23H34N4/c1-2-3-4-5-6-7-8-9-10-13-16-27-19-15-12-11-14-18(19)22-20(27)17-21(24)26-23(22)25/h11-12,14-15,17H,2-10,13,16H2,1H3,(H4,24,25,26). The van der Waals surface area contributed by atoms with Gasteiger partial charge in [-0.15, -0.1) is 0 Å². The molecule has 0 radical (unpaired) electrons. The summed E-state index contributed by atoms with van der Waals surface area (Å²) in [4.78, 5) is 4.26.